The second kappa shape index (κ2) is 5.34. The Morgan fingerprint density at radius 1 is 1.11 bits per heavy atom. The van der Waals surface area contributed by atoms with Crippen LogP contribution in [-0.2, 0) is 0 Å². The summed E-state index contributed by atoms with van der Waals surface area (Å²) in [6, 6.07) is 7.74. The average molecular weight is 333 g/mol. The van der Waals surface area contributed by atoms with Crippen molar-refractivity contribution in [2.45, 2.75) is 6.04 Å². The molecule has 0 aliphatic rings. The Kier molecular flexibility index (Phi) is 4.00. The minimum absolute atomic E-state index is 0.199. The zero-order valence-electron chi connectivity index (χ0n) is 9.13. The normalized spacial score (nSPS) is 12.5. The zero-order chi connectivity index (χ0) is 13.3. The Hall–Kier alpha value is -0.970. The first-order chi connectivity index (χ1) is 8.50. The van der Waals surface area contributed by atoms with Gasteiger partial charge in [0, 0.05) is 20.6 Å². The maximum Gasteiger partial charge on any atom is 0.129 e. The van der Waals surface area contributed by atoms with Crippen molar-refractivity contribution in [3.63, 3.8) is 0 Å². The Morgan fingerprint density at radius 2 is 1.83 bits per heavy atom. The van der Waals surface area contributed by atoms with Crippen molar-refractivity contribution in [2.75, 3.05) is 0 Å². The van der Waals surface area contributed by atoms with E-state index in [2.05, 4.69) is 15.9 Å². The fraction of sp³-hybridized carbons (Fsp3) is 0.0769. The molecular formula is C13H9BrClF2N. The van der Waals surface area contributed by atoms with Crippen LogP contribution >= 0.6 is 27.5 Å². The van der Waals surface area contributed by atoms with Crippen molar-refractivity contribution in [1.82, 2.24) is 0 Å². The maximum atomic E-state index is 13.7. The van der Waals surface area contributed by atoms with Crippen LogP contribution in [0.4, 0.5) is 8.78 Å². The van der Waals surface area contributed by atoms with Crippen molar-refractivity contribution in [3.05, 3.63) is 68.7 Å². The highest BCUT2D eigenvalue weighted by Crippen LogP contribution is 2.31. The Labute approximate surface area is 117 Å². The Morgan fingerprint density at radius 3 is 2.44 bits per heavy atom. The van der Waals surface area contributed by atoms with Gasteiger partial charge in [-0.15, -0.1) is 0 Å². The first-order valence-corrected chi connectivity index (χ1v) is 6.32. The monoisotopic (exact) mass is 331 g/mol. The molecule has 2 rings (SSSR count). The fourth-order valence-electron chi connectivity index (χ4n) is 1.72. The first-order valence-electron chi connectivity index (χ1n) is 5.15. The second-order valence-electron chi connectivity index (χ2n) is 3.78. The maximum absolute atomic E-state index is 13.7. The molecule has 18 heavy (non-hydrogen) atoms. The van der Waals surface area contributed by atoms with Gasteiger partial charge in [-0.3, -0.25) is 0 Å². The van der Waals surface area contributed by atoms with E-state index in [0.717, 1.165) is 6.07 Å². The van der Waals surface area contributed by atoms with Gasteiger partial charge in [0.15, 0.2) is 0 Å². The highest BCUT2D eigenvalue weighted by Gasteiger charge is 2.19. The summed E-state index contributed by atoms with van der Waals surface area (Å²) in [4.78, 5) is 0. The van der Waals surface area contributed by atoms with Gasteiger partial charge in [0.1, 0.15) is 11.6 Å². The van der Waals surface area contributed by atoms with Gasteiger partial charge in [0.2, 0.25) is 0 Å². The summed E-state index contributed by atoms with van der Waals surface area (Å²) in [5.74, 6) is -1.03. The third-order valence-corrected chi connectivity index (χ3v) is 3.53. The Balaban J connectivity index is 2.51. The van der Waals surface area contributed by atoms with Gasteiger partial charge < -0.3 is 5.73 Å². The highest BCUT2D eigenvalue weighted by atomic mass is 79.9. The van der Waals surface area contributed by atoms with Crippen molar-refractivity contribution in [3.8, 4) is 0 Å². The standard InChI is InChI=1S/C13H9BrClF2N/c14-9-2-1-3-10(16)12(9)13(18)8-5-4-7(15)6-11(8)17/h1-6,13H,18H2. The molecule has 0 spiro atoms. The van der Waals surface area contributed by atoms with Gasteiger partial charge >= 0.3 is 0 Å². The van der Waals surface area contributed by atoms with E-state index in [1.807, 2.05) is 0 Å². The number of hydrogen-bond acceptors (Lipinski definition) is 1. The quantitative estimate of drug-likeness (QED) is 0.865. The molecule has 0 amide bonds. The summed E-state index contributed by atoms with van der Waals surface area (Å²) in [5.41, 5.74) is 6.34. The van der Waals surface area contributed by atoms with Gasteiger partial charge in [-0.25, -0.2) is 8.78 Å². The summed E-state index contributed by atoms with van der Waals surface area (Å²) in [6.07, 6.45) is 0. The molecule has 2 aromatic rings. The minimum Gasteiger partial charge on any atom is -0.320 e. The van der Waals surface area contributed by atoms with Crippen LogP contribution in [0.5, 0.6) is 0 Å². The number of nitrogens with two attached hydrogens (primary N) is 1. The number of hydrogen-bond donors (Lipinski definition) is 1. The summed E-state index contributed by atoms with van der Waals surface area (Å²) >= 11 is 8.88. The molecule has 0 heterocycles. The zero-order valence-corrected chi connectivity index (χ0v) is 11.5. The lowest BCUT2D eigenvalue weighted by molar-refractivity contribution is 0.574. The van der Waals surface area contributed by atoms with E-state index < -0.39 is 17.7 Å². The minimum atomic E-state index is -0.891. The summed E-state index contributed by atoms with van der Waals surface area (Å²) in [7, 11) is 0. The van der Waals surface area contributed by atoms with Crippen LogP contribution in [0.1, 0.15) is 17.2 Å². The molecule has 0 aromatic heterocycles. The topological polar surface area (TPSA) is 26.0 Å². The van der Waals surface area contributed by atoms with Crippen LogP contribution in [0.2, 0.25) is 5.02 Å². The molecule has 1 atom stereocenters. The van der Waals surface area contributed by atoms with Gasteiger partial charge in [0.25, 0.3) is 0 Å². The lowest BCUT2D eigenvalue weighted by atomic mass is 9.99. The van der Waals surface area contributed by atoms with Crippen molar-refractivity contribution >= 4 is 27.5 Å². The van der Waals surface area contributed by atoms with Gasteiger partial charge in [-0.05, 0) is 24.3 Å². The molecule has 0 aliphatic carbocycles. The van der Waals surface area contributed by atoms with E-state index in [9.17, 15) is 8.78 Å². The predicted molar refractivity (Wildman–Crippen MR) is 71.5 cm³/mol. The summed E-state index contributed by atoms with van der Waals surface area (Å²) in [5, 5.41) is 0.274. The van der Waals surface area contributed by atoms with E-state index in [4.69, 9.17) is 17.3 Å². The van der Waals surface area contributed by atoms with Gasteiger partial charge in [0.05, 0.1) is 6.04 Å². The van der Waals surface area contributed by atoms with E-state index in [-0.39, 0.29) is 16.1 Å². The molecule has 0 bridgehead atoms. The lowest BCUT2D eigenvalue weighted by Gasteiger charge is -2.16. The third kappa shape index (κ3) is 2.55. The molecule has 0 aliphatic heterocycles. The number of rotatable bonds is 2. The summed E-state index contributed by atoms with van der Waals surface area (Å²) < 4.78 is 28.0. The van der Waals surface area contributed by atoms with Gasteiger partial charge in [-0.1, -0.05) is 39.7 Å². The van der Waals surface area contributed by atoms with Crippen LogP contribution in [0.3, 0.4) is 0 Å². The lowest BCUT2D eigenvalue weighted by Crippen LogP contribution is -2.16. The largest absolute Gasteiger partial charge is 0.320 e. The van der Waals surface area contributed by atoms with E-state index >= 15 is 0 Å². The van der Waals surface area contributed by atoms with Crippen LogP contribution in [0.25, 0.3) is 0 Å². The van der Waals surface area contributed by atoms with Crippen LogP contribution in [-0.4, -0.2) is 0 Å². The number of benzene rings is 2. The molecule has 5 heteroatoms. The van der Waals surface area contributed by atoms with Crippen molar-refractivity contribution < 1.29 is 8.78 Å². The second-order valence-corrected chi connectivity index (χ2v) is 5.07. The highest BCUT2D eigenvalue weighted by molar-refractivity contribution is 9.10. The fourth-order valence-corrected chi connectivity index (χ4v) is 2.46. The third-order valence-electron chi connectivity index (χ3n) is 2.61. The molecule has 94 valence electrons. The van der Waals surface area contributed by atoms with Crippen molar-refractivity contribution in [2.24, 2.45) is 5.73 Å². The molecular weight excluding hydrogens is 324 g/mol. The van der Waals surface area contributed by atoms with Gasteiger partial charge in [-0.2, -0.15) is 0 Å². The average Bonchev–Trinajstić information content (AvgIpc) is 2.28. The van der Waals surface area contributed by atoms with E-state index in [0.29, 0.717) is 4.47 Å². The molecule has 0 radical (unpaired) electrons. The van der Waals surface area contributed by atoms with E-state index in [1.165, 1.54) is 18.2 Å². The van der Waals surface area contributed by atoms with Crippen LogP contribution in [0, 0.1) is 11.6 Å². The molecule has 2 N–H and O–H groups in total. The molecule has 0 saturated carbocycles. The molecule has 1 nitrogen and oxygen atoms in total. The first kappa shape index (κ1) is 13.5. The van der Waals surface area contributed by atoms with Crippen LogP contribution < -0.4 is 5.73 Å². The van der Waals surface area contributed by atoms with Crippen molar-refractivity contribution in [1.29, 1.82) is 0 Å². The summed E-state index contributed by atoms with van der Waals surface area (Å²) in [6.45, 7) is 0. The number of halogens is 4. The predicted octanol–water partition coefficient (Wildman–Crippen LogP) is 4.43. The SMILES string of the molecule is NC(c1ccc(Cl)cc1F)c1c(F)cccc1Br. The van der Waals surface area contributed by atoms with E-state index in [1.54, 1.807) is 12.1 Å². The molecule has 0 fully saturated rings. The molecule has 2 aromatic carbocycles. The van der Waals surface area contributed by atoms with Crippen LogP contribution in [0.15, 0.2) is 40.9 Å². The smallest absolute Gasteiger partial charge is 0.129 e. The Bertz CT molecular complexity index is 569. The molecule has 1 unspecified atom stereocenters. The molecule has 0 saturated heterocycles.